The molecule has 1 heterocycles. The fraction of sp³-hybridized carbons (Fsp3) is 0.600. The van der Waals surface area contributed by atoms with Crippen molar-refractivity contribution in [2.24, 2.45) is 14.1 Å². The normalized spacial score (nSPS) is 10.6. The van der Waals surface area contributed by atoms with Gasteiger partial charge in [-0.05, 0) is 18.7 Å². The van der Waals surface area contributed by atoms with Crippen LogP contribution in [0.3, 0.4) is 0 Å². The van der Waals surface area contributed by atoms with Crippen molar-refractivity contribution in [2.75, 3.05) is 5.75 Å². The number of hydrogen-bond donors (Lipinski definition) is 0. The summed E-state index contributed by atoms with van der Waals surface area (Å²) in [4.78, 5) is 10.9. The van der Waals surface area contributed by atoms with Crippen LogP contribution in [0.5, 0.6) is 0 Å². The molecule has 1 aromatic heterocycles. The number of imidazole rings is 1. The lowest BCUT2D eigenvalue weighted by molar-refractivity contribution is -0.715. The van der Waals surface area contributed by atoms with Gasteiger partial charge in [0.2, 0.25) is 0 Å². The highest BCUT2D eigenvalue weighted by Crippen LogP contribution is 2.17. The van der Waals surface area contributed by atoms with E-state index in [0.717, 1.165) is 5.16 Å². The highest BCUT2D eigenvalue weighted by molar-refractivity contribution is 7.99. The van der Waals surface area contributed by atoms with Crippen molar-refractivity contribution >= 4 is 17.5 Å². The molecule has 0 unspecified atom stereocenters. The van der Waals surface area contributed by atoms with E-state index in [-0.39, 0.29) is 5.78 Å². The van der Waals surface area contributed by atoms with Crippen molar-refractivity contribution in [2.45, 2.75) is 25.9 Å². The standard InChI is InChI=1S/C10H17N2OS/c1-7(13)6-14-10-11(4)8(2)9(3)12(10)5/h6H2,1-5H3/q+1. The van der Waals surface area contributed by atoms with Crippen LogP contribution in [0, 0.1) is 13.8 Å². The zero-order chi connectivity index (χ0) is 10.9. The van der Waals surface area contributed by atoms with Crippen molar-refractivity contribution < 1.29 is 9.36 Å². The Morgan fingerprint density at radius 1 is 1.50 bits per heavy atom. The number of hydrogen-bond acceptors (Lipinski definition) is 2. The van der Waals surface area contributed by atoms with Crippen molar-refractivity contribution in [3.05, 3.63) is 11.4 Å². The maximum absolute atomic E-state index is 10.9. The van der Waals surface area contributed by atoms with E-state index in [1.807, 2.05) is 14.1 Å². The van der Waals surface area contributed by atoms with Gasteiger partial charge in [-0.2, -0.15) is 0 Å². The summed E-state index contributed by atoms with van der Waals surface area (Å²) >= 11 is 1.59. The lowest BCUT2D eigenvalue weighted by Gasteiger charge is -1.96. The number of rotatable bonds is 3. The summed E-state index contributed by atoms with van der Waals surface area (Å²) in [6, 6.07) is 0. The Kier molecular flexibility index (Phi) is 3.37. The van der Waals surface area contributed by atoms with E-state index in [9.17, 15) is 4.79 Å². The summed E-state index contributed by atoms with van der Waals surface area (Å²) in [6.07, 6.45) is 0. The van der Waals surface area contributed by atoms with Gasteiger partial charge in [-0.25, -0.2) is 9.13 Å². The maximum Gasteiger partial charge on any atom is 0.318 e. The third-order valence-electron chi connectivity index (χ3n) is 2.51. The molecule has 0 saturated heterocycles. The van der Waals surface area contributed by atoms with E-state index in [2.05, 4.69) is 23.0 Å². The van der Waals surface area contributed by atoms with Crippen LogP contribution in [0.25, 0.3) is 0 Å². The minimum absolute atomic E-state index is 0.214. The predicted molar refractivity (Wildman–Crippen MR) is 57.5 cm³/mol. The van der Waals surface area contributed by atoms with Crippen molar-refractivity contribution in [3.63, 3.8) is 0 Å². The van der Waals surface area contributed by atoms with Gasteiger partial charge >= 0.3 is 5.16 Å². The first-order valence-corrected chi connectivity index (χ1v) is 5.57. The predicted octanol–water partition coefficient (Wildman–Crippen LogP) is 1.15. The molecule has 0 aliphatic heterocycles. The molecule has 3 nitrogen and oxygen atoms in total. The Labute approximate surface area is 89.1 Å². The molecule has 0 bridgehead atoms. The van der Waals surface area contributed by atoms with Gasteiger partial charge in [-0.1, -0.05) is 0 Å². The first-order chi connectivity index (χ1) is 6.45. The third-order valence-corrected chi connectivity index (χ3v) is 3.87. The van der Waals surface area contributed by atoms with E-state index in [1.54, 1.807) is 18.7 Å². The molecule has 0 atom stereocenters. The highest BCUT2D eigenvalue weighted by atomic mass is 32.2. The molecule has 0 aliphatic rings. The summed E-state index contributed by atoms with van der Waals surface area (Å²) < 4.78 is 4.26. The lowest BCUT2D eigenvalue weighted by atomic mass is 10.4. The largest absolute Gasteiger partial charge is 0.318 e. The molecule has 0 aliphatic carbocycles. The number of ketones is 1. The molecule has 0 fully saturated rings. The van der Waals surface area contributed by atoms with E-state index >= 15 is 0 Å². The molecule has 78 valence electrons. The summed E-state index contributed by atoms with van der Waals surface area (Å²) in [6.45, 7) is 5.80. The van der Waals surface area contributed by atoms with Gasteiger partial charge in [0, 0.05) is 13.8 Å². The van der Waals surface area contributed by atoms with E-state index in [0.29, 0.717) is 5.75 Å². The molecular weight excluding hydrogens is 196 g/mol. The zero-order valence-electron chi connectivity index (χ0n) is 9.42. The fourth-order valence-electron chi connectivity index (χ4n) is 1.36. The third kappa shape index (κ3) is 2.00. The SMILES string of the molecule is CC(=O)CSc1n(C)c(C)c(C)[n+]1C. The molecule has 0 spiro atoms. The van der Waals surface area contributed by atoms with Gasteiger partial charge in [0.1, 0.15) is 17.2 Å². The molecule has 1 rings (SSSR count). The highest BCUT2D eigenvalue weighted by Gasteiger charge is 2.20. The Balaban J connectivity index is 2.97. The number of thioether (sulfide) groups is 1. The van der Waals surface area contributed by atoms with Gasteiger partial charge in [-0.3, -0.25) is 4.79 Å². The van der Waals surface area contributed by atoms with Crippen LogP contribution in [0.15, 0.2) is 5.16 Å². The topological polar surface area (TPSA) is 25.9 Å². The molecule has 4 heteroatoms. The second-order valence-corrected chi connectivity index (χ2v) is 4.50. The minimum atomic E-state index is 0.214. The van der Waals surface area contributed by atoms with Crippen molar-refractivity contribution in [1.29, 1.82) is 0 Å². The first kappa shape index (κ1) is 11.3. The average Bonchev–Trinajstić information content (AvgIpc) is 2.29. The van der Waals surface area contributed by atoms with Crippen LogP contribution in [-0.2, 0) is 18.9 Å². The summed E-state index contributed by atoms with van der Waals surface area (Å²) in [5.41, 5.74) is 2.50. The van der Waals surface area contributed by atoms with E-state index < -0.39 is 0 Å². The van der Waals surface area contributed by atoms with Crippen LogP contribution < -0.4 is 4.57 Å². The molecule has 0 aromatic carbocycles. The van der Waals surface area contributed by atoms with Crippen LogP contribution in [0.4, 0.5) is 0 Å². The minimum Gasteiger partial charge on any atom is -0.299 e. The second-order valence-electron chi connectivity index (χ2n) is 3.56. The number of aromatic nitrogens is 2. The van der Waals surface area contributed by atoms with Crippen LogP contribution in [0.1, 0.15) is 18.3 Å². The van der Waals surface area contributed by atoms with Crippen LogP contribution in [-0.4, -0.2) is 16.1 Å². The molecule has 0 amide bonds. The van der Waals surface area contributed by atoms with Gasteiger partial charge in [-0.15, -0.1) is 0 Å². The lowest BCUT2D eigenvalue weighted by Crippen LogP contribution is -2.32. The van der Waals surface area contributed by atoms with Gasteiger partial charge in [0.15, 0.2) is 0 Å². The van der Waals surface area contributed by atoms with E-state index in [1.165, 1.54) is 11.4 Å². The number of nitrogens with zero attached hydrogens (tertiary/aromatic N) is 2. The Morgan fingerprint density at radius 2 is 2.07 bits per heavy atom. The summed E-state index contributed by atoms with van der Waals surface area (Å²) in [7, 11) is 4.07. The first-order valence-electron chi connectivity index (χ1n) is 4.59. The monoisotopic (exact) mass is 213 g/mol. The molecular formula is C10H17N2OS+. The smallest absolute Gasteiger partial charge is 0.299 e. The molecule has 14 heavy (non-hydrogen) atoms. The van der Waals surface area contributed by atoms with Crippen molar-refractivity contribution in [1.82, 2.24) is 4.57 Å². The Morgan fingerprint density at radius 3 is 2.43 bits per heavy atom. The van der Waals surface area contributed by atoms with Gasteiger partial charge in [0.05, 0.1) is 19.8 Å². The average molecular weight is 213 g/mol. The number of Topliss-reactive ketones (excluding diaryl/α,β-unsaturated/α-hetero) is 1. The van der Waals surface area contributed by atoms with Gasteiger partial charge < -0.3 is 0 Å². The zero-order valence-corrected chi connectivity index (χ0v) is 10.2. The number of carbonyl (C=O) groups is 1. The molecule has 0 N–H and O–H groups in total. The summed E-state index contributed by atoms with van der Waals surface area (Å²) in [5, 5.41) is 1.13. The van der Waals surface area contributed by atoms with Crippen molar-refractivity contribution in [3.8, 4) is 0 Å². The van der Waals surface area contributed by atoms with E-state index in [4.69, 9.17) is 0 Å². The Bertz CT molecular complexity index is 343. The Hall–Kier alpha value is -0.770. The number of carbonyl (C=O) groups excluding carboxylic acids is 1. The summed E-state index contributed by atoms with van der Waals surface area (Å²) in [5.74, 6) is 0.761. The molecule has 0 saturated carbocycles. The van der Waals surface area contributed by atoms with Crippen LogP contribution >= 0.6 is 11.8 Å². The molecule has 0 radical (unpaired) electrons. The fourth-order valence-corrected chi connectivity index (χ4v) is 2.35. The quantitative estimate of drug-likeness (QED) is 0.556. The molecule has 1 aromatic rings. The van der Waals surface area contributed by atoms with Crippen LogP contribution in [0.2, 0.25) is 0 Å². The maximum atomic E-state index is 10.9. The second kappa shape index (κ2) is 4.17. The van der Waals surface area contributed by atoms with Gasteiger partial charge in [0.25, 0.3) is 0 Å².